The maximum atomic E-state index is 12.6. The normalized spacial score (nSPS) is 11.3. The average molecular weight is 291 g/mol. The van der Waals surface area contributed by atoms with Crippen molar-refractivity contribution < 1.29 is 0 Å². The topological polar surface area (TPSA) is 22.0 Å². The van der Waals surface area contributed by atoms with Crippen LogP contribution in [0.5, 0.6) is 0 Å². The van der Waals surface area contributed by atoms with Crippen molar-refractivity contribution in [1.29, 1.82) is 0 Å². The molecule has 0 saturated heterocycles. The zero-order valence-corrected chi connectivity index (χ0v) is 13.6. The molecule has 0 spiro atoms. The van der Waals surface area contributed by atoms with Crippen molar-refractivity contribution in [2.45, 2.75) is 26.7 Å². The summed E-state index contributed by atoms with van der Waals surface area (Å²) in [4.78, 5) is 12.6. The van der Waals surface area contributed by atoms with Gasteiger partial charge in [0.15, 0.2) is 5.43 Å². The fourth-order valence-electron chi connectivity index (χ4n) is 2.91. The minimum absolute atomic E-state index is 0.0899. The van der Waals surface area contributed by atoms with Crippen LogP contribution >= 0.6 is 0 Å². The van der Waals surface area contributed by atoms with Gasteiger partial charge in [-0.25, -0.2) is 0 Å². The molecule has 0 saturated carbocycles. The number of benzene rings is 2. The van der Waals surface area contributed by atoms with Crippen LogP contribution in [0.2, 0.25) is 0 Å². The largest absolute Gasteiger partial charge is 0.343 e. The number of fused-ring (bicyclic) bond motifs is 1. The number of hydrogen-bond acceptors (Lipinski definition) is 1. The van der Waals surface area contributed by atoms with Gasteiger partial charge in [0.1, 0.15) is 0 Å². The molecule has 0 N–H and O–H groups in total. The molecule has 0 atom stereocenters. The molecule has 2 heteroatoms. The van der Waals surface area contributed by atoms with Crippen molar-refractivity contribution in [3.05, 3.63) is 69.9 Å². The second-order valence-electron chi connectivity index (χ2n) is 6.25. The first-order valence-electron chi connectivity index (χ1n) is 7.68. The molecule has 22 heavy (non-hydrogen) atoms. The summed E-state index contributed by atoms with van der Waals surface area (Å²) in [7, 11) is 2.02. The summed E-state index contributed by atoms with van der Waals surface area (Å²) in [5.74, 6) is 0.422. The predicted molar refractivity (Wildman–Crippen MR) is 93.5 cm³/mol. The van der Waals surface area contributed by atoms with E-state index in [9.17, 15) is 4.79 Å². The number of pyridine rings is 1. The first-order chi connectivity index (χ1) is 10.5. The molecular weight excluding hydrogens is 270 g/mol. The third kappa shape index (κ3) is 2.45. The van der Waals surface area contributed by atoms with Crippen molar-refractivity contribution >= 4 is 10.9 Å². The van der Waals surface area contributed by atoms with E-state index in [1.54, 1.807) is 6.07 Å². The van der Waals surface area contributed by atoms with Crippen molar-refractivity contribution in [2.75, 3.05) is 0 Å². The van der Waals surface area contributed by atoms with Gasteiger partial charge < -0.3 is 4.57 Å². The van der Waals surface area contributed by atoms with Gasteiger partial charge in [0.05, 0.1) is 11.2 Å². The van der Waals surface area contributed by atoms with Gasteiger partial charge in [-0.2, -0.15) is 0 Å². The van der Waals surface area contributed by atoms with Gasteiger partial charge >= 0.3 is 0 Å². The maximum absolute atomic E-state index is 12.6. The molecule has 112 valence electrons. The summed E-state index contributed by atoms with van der Waals surface area (Å²) in [6.07, 6.45) is 0. The van der Waals surface area contributed by atoms with Gasteiger partial charge in [-0.1, -0.05) is 43.7 Å². The molecule has 0 aliphatic heterocycles. The first kappa shape index (κ1) is 14.6. The van der Waals surface area contributed by atoms with E-state index in [0.29, 0.717) is 5.92 Å². The molecule has 3 aromatic rings. The molecule has 1 heterocycles. The molecule has 1 aromatic heterocycles. The molecule has 0 aliphatic rings. The Morgan fingerprint density at radius 3 is 2.45 bits per heavy atom. The van der Waals surface area contributed by atoms with E-state index < -0.39 is 0 Å². The SMILES string of the molecule is Cc1cccc(-c2cc(=O)c3cc(C(C)C)ccc3n2C)c1. The molecule has 0 radical (unpaired) electrons. The Bertz CT molecular complexity index is 903. The van der Waals surface area contributed by atoms with E-state index in [1.807, 2.05) is 19.2 Å². The molecule has 0 unspecified atom stereocenters. The van der Waals surface area contributed by atoms with Gasteiger partial charge in [-0.3, -0.25) is 4.79 Å². The lowest BCUT2D eigenvalue weighted by Crippen LogP contribution is -2.09. The second kappa shape index (κ2) is 5.45. The van der Waals surface area contributed by atoms with Crippen molar-refractivity contribution in [3.8, 4) is 11.3 Å². The van der Waals surface area contributed by atoms with E-state index in [2.05, 4.69) is 55.7 Å². The maximum Gasteiger partial charge on any atom is 0.190 e. The van der Waals surface area contributed by atoms with Crippen LogP contribution in [-0.4, -0.2) is 4.57 Å². The van der Waals surface area contributed by atoms with E-state index >= 15 is 0 Å². The lowest BCUT2D eigenvalue weighted by molar-refractivity contribution is 0.867. The highest BCUT2D eigenvalue weighted by Crippen LogP contribution is 2.24. The molecule has 0 fully saturated rings. The molecule has 3 rings (SSSR count). The first-order valence-corrected chi connectivity index (χ1v) is 7.68. The number of rotatable bonds is 2. The van der Waals surface area contributed by atoms with Gasteiger partial charge in [-0.15, -0.1) is 0 Å². The van der Waals surface area contributed by atoms with Gasteiger partial charge in [-0.05, 0) is 42.2 Å². The Hall–Kier alpha value is -2.35. The highest BCUT2D eigenvalue weighted by atomic mass is 16.1. The van der Waals surface area contributed by atoms with Crippen LogP contribution in [0, 0.1) is 6.92 Å². The van der Waals surface area contributed by atoms with Crippen LogP contribution in [0.15, 0.2) is 53.3 Å². The van der Waals surface area contributed by atoms with Crippen LogP contribution in [0.25, 0.3) is 22.2 Å². The summed E-state index contributed by atoms with van der Waals surface area (Å²) in [5, 5.41) is 0.796. The smallest absolute Gasteiger partial charge is 0.190 e. The Balaban J connectivity index is 2.29. The molecule has 2 nitrogen and oxygen atoms in total. The number of aryl methyl sites for hydroxylation is 2. The summed E-state index contributed by atoms with van der Waals surface area (Å²) in [6, 6.07) is 16.2. The minimum Gasteiger partial charge on any atom is -0.343 e. The Morgan fingerprint density at radius 1 is 1.00 bits per heavy atom. The lowest BCUT2D eigenvalue weighted by Gasteiger charge is -2.14. The lowest BCUT2D eigenvalue weighted by atomic mass is 10.00. The van der Waals surface area contributed by atoms with Crippen molar-refractivity contribution in [1.82, 2.24) is 4.57 Å². The molecule has 0 aliphatic carbocycles. The van der Waals surface area contributed by atoms with Crippen LogP contribution in [0.3, 0.4) is 0 Å². The van der Waals surface area contributed by atoms with E-state index in [4.69, 9.17) is 0 Å². The van der Waals surface area contributed by atoms with Crippen LogP contribution in [0.1, 0.15) is 30.9 Å². The van der Waals surface area contributed by atoms with Crippen LogP contribution in [0.4, 0.5) is 0 Å². The molecule has 0 bridgehead atoms. The fourth-order valence-corrected chi connectivity index (χ4v) is 2.91. The van der Waals surface area contributed by atoms with Crippen molar-refractivity contribution in [2.24, 2.45) is 7.05 Å². The van der Waals surface area contributed by atoms with Gasteiger partial charge in [0.2, 0.25) is 0 Å². The monoisotopic (exact) mass is 291 g/mol. The highest BCUT2D eigenvalue weighted by molar-refractivity contribution is 5.83. The highest BCUT2D eigenvalue weighted by Gasteiger charge is 2.10. The number of nitrogens with zero attached hydrogens (tertiary/aromatic N) is 1. The quantitative estimate of drug-likeness (QED) is 0.674. The third-order valence-electron chi connectivity index (χ3n) is 4.26. The zero-order valence-electron chi connectivity index (χ0n) is 13.6. The predicted octanol–water partition coefficient (Wildman–Crippen LogP) is 4.64. The Morgan fingerprint density at radius 2 is 1.77 bits per heavy atom. The second-order valence-corrected chi connectivity index (χ2v) is 6.25. The van der Waals surface area contributed by atoms with E-state index in [-0.39, 0.29) is 5.43 Å². The fraction of sp³-hybridized carbons (Fsp3) is 0.250. The number of hydrogen-bond donors (Lipinski definition) is 0. The summed E-state index contributed by atoms with van der Waals surface area (Å²) in [6.45, 7) is 6.36. The Kier molecular flexibility index (Phi) is 3.61. The van der Waals surface area contributed by atoms with Gasteiger partial charge in [0.25, 0.3) is 0 Å². The van der Waals surface area contributed by atoms with Crippen LogP contribution < -0.4 is 5.43 Å². The molecular formula is C20H21NO. The van der Waals surface area contributed by atoms with E-state index in [1.165, 1.54) is 11.1 Å². The Labute approximate surface area is 131 Å². The van der Waals surface area contributed by atoms with Gasteiger partial charge in [0, 0.05) is 18.5 Å². The van der Waals surface area contributed by atoms with E-state index in [0.717, 1.165) is 22.2 Å². The minimum atomic E-state index is 0.0899. The van der Waals surface area contributed by atoms with Crippen LogP contribution in [-0.2, 0) is 7.05 Å². The zero-order chi connectivity index (χ0) is 15.9. The third-order valence-corrected chi connectivity index (χ3v) is 4.26. The number of aromatic nitrogens is 1. The summed E-state index contributed by atoms with van der Waals surface area (Å²) in [5.41, 5.74) is 5.50. The molecule has 2 aromatic carbocycles. The standard InChI is InChI=1S/C20H21NO/c1-13(2)15-8-9-18-17(11-15)20(22)12-19(21(18)4)16-7-5-6-14(3)10-16/h5-13H,1-4H3. The summed E-state index contributed by atoms with van der Waals surface area (Å²) >= 11 is 0. The van der Waals surface area contributed by atoms with Crippen molar-refractivity contribution in [3.63, 3.8) is 0 Å². The summed E-state index contributed by atoms with van der Waals surface area (Å²) < 4.78 is 2.11. The molecule has 0 amide bonds. The average Bonchev–Trinajstić information content (AvgIpc) is 2.50.